The molecule has 0 amide bonds. The molecule has 1 aliphatic rings. The molecule has 1 fully saturated rings. The Labute approximate surface area is 103 Å². The van der Waals surface area contributed by atoms with E-state index in [-0.39, 0.29) is 6.04 Å². The summed E-state index contributed by atoms with van der Waals surface area (Å²) in [4.78, 5) is 10.2. The van der Waals surface area contributed by atoms with Gasteiger partial charge in [0.15, 0.2) is 0 Å². The Balaban J connectivity index is 2.11. The molecule has 0 spiro atoms. The van der Waals surface area contributed by atoms with Gasteiger partial charge in [-0.05, 0) is 28.8 Å². The monoisotopic (exact) mass is 287 g/mol. The minimum atomic E-state index is -0.758. The molecule has 0 N–H and O–H groups in total. The topological polar surface area (TPSA) is 29.0 Å². The zero-order chi connectivity index (χ0) is 11.5. The van der Waals surface area contributed by atoms with E-state index < -0.39 is 6.17 Å². The summed E-state index contributed by atoms with van der Waals surface area (Å²) in [6, 6.07) is -0.0741. The molecule has 1 aliphatic carbocycles. The number of hydrogen-bond donors (Lipinski definition) is 0. The molecular weight excluding hydrogens is 273 g/mol. The average Bonchev–Trinajstić information content (AvgIpc) is 2.30. The van der Waals surface area contributed by atoms with Crippen LogP contribution in [0, 0.1) is 0 Å². The molecule has 0 aromatic carbocycles. The van der Waals surface area contributed by atoms with E-state index in [1.165, 1.54) is 0 Å². The van der Waals surface area contributed by atoms with Crippen LogP contribution < -0.4 is 4.90 Å². The van der Waals surface area contributed by atoms with Crippen molar-refractivity contribution in [1.29, 1.82) is 0 Å². The van der Waals surface area contributed by atoms with E-state index in [0.717, 1.165) is 23.7 Å². The van der Waals surface area contributed by atoms with Crippen molar-refractivity contribution < 1.29 is 4.39 Å². The lowest BCUT2D eigenvalue weighted by atomic mass is 9.93. The fraction of sp³-hybridized carbons (Fsp3) is 0.636. The number of hydrogen-bond acceptors (Lipinski definition) is 3. The van der Waals surface area contributed by atoms with E-state index in [2.05, 4.69) is 25.9 Å². The van der Waals surface area contributed by atoms with Crippen LogP contribution in [0.2, 0.25) is 0 Å². The van der Waals surface area contributed by atoms with Crippen LogP contribution in [-0.2, 0) is 0 Å². The lowest BCUT2D eigenvalue weighted by molar-refractivity contribution is 0.212. The predicted octanol–water partition coefficient (Wildman–Crippen LogP) is 2.96. The van der Waals surface area contributed by atoms with E-state index in [4.69, 9.17) is 0 Å². The van der Waals surface area contributed by atoms with E-state index in [1.54, 1.807) is 12.4 Å². The molecular formula is C11H15BrFN3. The van der Waals surface area contributed by atoms with Crippen molar-refractivity contribution in [3.63, 3.8) is 0 Å². The molecule has 1 aromatic rings. The summed E-state index contributed by atoms with van der Waals surface area (Å²) in [5, 5.41) is 0. The smallest absolute Gasteiger partial charge is 0.225 e. The number of anilines is 1. The highest BCUT2D eigenvalue weighted by atomic mass is 79.9. The van der Waals surface area contributed by atoms with Crippen molar-refractivity contribution in [3.05, 3.63) is 16.9 Å². The summed E-state index contributed by atoms with van der Waals surface area (Å²) in [6.07, 6.45) is 6.25. The molecule has 0 bridgehead atoms. The highest BCUT2D eigenvalue weighted by Gasteiger charge is 2.29. The summed E-state index contributed by atoms with van der Waals surface area (Å²) >= 11 is 3.28. The Hall–Kier alpha value is -0.710. The van der Waals surface area contributed by atoms with Gasteiger partial charge in [-0.1, -0.05) is 12.8 Å². The van der Waals surface area contributed by atoms with Crippen LogP contribution in [0.3, 0.4) is 0 Å². The molecule has 0 aliphatic heterocycles. The highest BCUT2D eigenvalue weighted by Crippen LogP contribution is 2.26. The average molecular weight is 288 g/mol. The van der Waals surface area contributed by atoms with Crippen LogP contribution in [0.25, 0.3) is 0 Å². The van der Waals surface area contributed by atoms with Gasteiger partial charge in [-0.15, -0.1) is 0 Å². The second-order valence-electron chi connectivity index (χ2n) is 4.18. The van der Waals surface area contributed by atoms with E-state index in [1.807, 2.05) is 11.9 Å². The van der Waals surface area contributed by atoms with Gasteiger partial charge in [0.25, 0.3) is 0 Å². The lowest BCUT2D eigenvalue weighted by Gasteiger charge is -2.33. The Morgan fingerprint density at radius 1 is 1.31 bits per heavy atom. The molecule has 0 unspecified atom stereocenters. The van der Waals surface area contributed by atoms with E-state index in [0.29, 0.717) is 12.4 Å². The molecule has 3 nitrogen and oxygen atoms in total. The number of nitrogens with zero attached hydrogens (tertiary/aromatic N) is 3. The Morgan fingerprint density at radius 3 is 2.56 bits per heavy atom. The van der Waals surface area contributed by atoms with Crippen LogP contribution in [-0.4, -0.2) is 29.2 Å². The molecule has 88 valence electrons. The SMILES string of the molecule is CN(c1ncc(Br)cn1)[C@@H]1CCCC[C@H]1F. The predicted molar refractivity (Wildman–Crippen MR) is 65.3 cm³/mol. The van der Waals surface area contributed by atoms with Gasteiger partial charge < -0.3 is 4.90 Å². The highest BCUT2D eigenvalue weighted by molar-refractivity contribution is 9.10. The fourth-order valence-corrected chi connectivity index (χ4v) is 2.34. The second-order valence-corrected chi connectivity index (χ2v) is 5.10. The second kappa shape index (κ2) is 5.08. The third-order valence-electron chi connectivity index (χ3n) is 3.07. The van der Waals surface area contributed by atoms with Gasteiger partial charge in [0.2, 0.25) is 5.95 Å². The number of rotatable bonds is 2. The lowest BCUT2D eigenvalue weighted by Crippen LogP contribution is -2.42. The van der Waals surface area contributed by atoms with Gasteiger partial charge in [0.05, 0.1) is 10.5 Å². The molecule has 1 saturated carbocycles. The van der Waals surface area contributed by atoms with Crippen LogP contribution in [0.5, 0.6) is 0 Å². The van der Waals surface area contributed by atoms with Crippen molar-refractivity contribution in [2.24, 2.45) is 0 Å². The van der Waals surface area contributed by atoms with Gasteiger partial charge in [-0.3, -0.25) is 0 Å². The first-order valence-corrected chi connectivity index (χ1v) is 6.32. The van der Waals surface area contributed by atoms with Gasteiger partial charge in [0.1, 0.15) is 6.17 Å². The third-order valence-corrected chi connectivity index (χ3v) is 3.48. The molecule has 2 atom stereocenters. The Morgan fingerprint density at radius 2 is 1.94 bits per heavy atom. The molecule has 1 aromatic heterocycles. The van der Waals surface area contributed by atoms with Gasteiger partial charge in [0, 0.05) is 19.4 Å². The number of halogens is 2. The van der Waals surface area contributed by atoms with Crippen LogP contribution >= 0.6 is 15.9 Å². The minimum absolute atomic E-state index is 0.0741. The van der Waals surface area contributed by atoms with Crippen molar-refractivity contribution in [3.8, 4) is 0 Å². The van der Waals surface area contributed by atoms with E-state index >= 15 is 0 Å². The maximum atomic E-state index is 13.8. The quantitative estimate of drug-likeness (QED) is 0.837. The van der Waals surface area contributed by atoms with Crippen LogP contribution in [0.15, 0.2) is 16.9 Å². The Kier molecular flexibility index (Phi) is 3.74. The third kappa shape index (κ3) is 2.51. The molecule has 0 radical (unpaired) electrons. The summed E-state index contributed by atoms with van der Waals surface area (Å²) < 4.78 is 14.6. The number of alkyl halides is 1. The summed E-state index contributed by atoms with van der Waals surface area (Å²) in [6.45, 7) is 0. The van der Waals surface area contributed by atoms with Gasteiger partial charge >= 0.3 is 0 Å². The number of aromatic nitrogens is 2. The molecule has 2 rings (SSSR count). The van der Waals surface area contributed by atoms with Gasteiger partial charge in [-0.2, -0.15) is 0 Å². The van der Waals surface area contributed by atoms with Crippen molar-refractivity contribution in [2.75, 3.05) is 11.9 Å². The first-order valence-electron chi connectivity index (χ1n) is 5.53. The van der Waals surface area contributed by atoms with Crippen molar-refractivity contribution >= 4 is 21.9 Å². The fourth-order valence-electron chi connectivity index (χ4n) is 2.14. The normalized spacial score (nSPS) is 25.4. The molecule has 0 saturated heterocycles. The minimum Gasteiger partial charge on any atom is -0.338 e. The van der Waals surface area contributed by atoms with Crippen molar-refractivity contribution in [2.45, 2.75) is 37.9 Å². The van der Waals surface area contributed by atoms with Crippen LogP contribution in [0.1, 0.15) is 25.7 Å². The molecule has 16 heavy (non-hydrogen) atoms. The van der Waals surface area contributed by atoms with Gasteiger partial charge in [-0.25, -0.2) is 14.4 Å². The summed E-state index contributed by atoms with van der Waals surface area (Å²) in [5.41, 5.74) is 0. The van der Waals surface area contributed by atoms with Crippen molar-refractivity contribution in [1.82, 2.24) is 9.97 Å². The summed E-state index contributed by atoms with van der Waals surface area (Å²) in [7, 11) is 1.87. The summed E-state index contributed by atoms with van der Waals surface area (Å²) in [5.74, 6) is 0.595. The molecule has 5 heteroatoms. The Bertz CT molecular complexity index is 344. The van der Waals surface area contributed by atoms with Crippen LogP contribution in [0.4, 0.5) is 10.3 Å². The maximum Gasteiger partial charge on any atom is 0.225 e. The largest absolute Gasteiger partial charge is 0.338 e. The van der Waals surface area contributed by atoms with E-state index in [9.17, 15) is 4.39 Å². The standard InChI is InChI=1S/C11H15BrFN3/c1-16(10-5-3-2-4-9(10)13)11-14-6-8(12)7-15-11/h6-7,9-10H,2-5H2,1H3/t9-,10-/m1/s1. The maximum absolute atomic E-state index is 13.8. The zero-order valence-corrected chi connectivity index (χ0v) is 10.8. The first-order chi connectivity index (χ1) is 7.68. The first kappa shape index (κ1) is 11.8. The zero-order valence-electron chi connectivity index (χ0n) is 9.24. The molecule has 1 heterocycles.